The molecule has 18 heavy (non-hydrogen) atoms. The first-order valence-corrected chi connectivity index (χ1v) is 6.90. The zero-order valence-corrected chi connectivity index (χ0v) is 11.5. The Labute approximate surface area is 111 Å². The number of hydrogen-bond acceptors (Lipinski definition) is 5. The third-order valence-corrected chi connectivity index (χ3v) is 4.36. The van der Waals surface area contributed by atoms with Crippen molar-refractivity contribution in [1.29, 1.82) is 0 Å². The zero-order chi connectivity index (χ0) is 13.1. The average molecular weight is 269 g/mol. The van der Waals surface area contributed by atoms with Crippen LogP contribution in [0.2, 0.25) is 0 Å². The lowest BCUT2D eigenvalue weighted by Gasteiger charge is -2.26. The third-order valence-electron chi connectivity index (χ3n) is 3.41. The van der Waals surface area contributed by atoms with Crippen molar-refractivity contribution in [2.45, 2.75) is 32.0 Å². The van der Waals surface area contributed by atoms with Gasteiger partial charge in [0.2, 0.25) is 0 Å². The molecule has 1 aromatic rings. The second kappa shape index (κ2) is 5.79. The lowest BCUT2D eigenvalue weighted by atomic mass is 10.1. The summed E-state index contributed by atoms with van der Waals surface area (Å²) in [6.07, 6.45) is 1.29. The van der Waals surface area contributed by atoms with E-state index in [-0.39, 0.29) is 12.0 Å². The van der Waals surface area contributed by atoms with Crippen LogP contribution in [0.4, 0.5) is 0 Å². The molecule has 0 spiro atoms. The van der Waals surface area contributed by atoms with Crippen molar-refractivity contribution in [1.82, 2.24) is 10.3 Å². The molecule has 1 saturated heterocycles. The van der Waals surface area contributed by atoms with Crippen molar-refractivity contribution < 1.29 is 9.53 Å². The predicted octanol–water partition coefficient (Wildman–Crippen LogP) is 0.961. The zero-order valence-electron chi connectivity index (χ0n) is 10.7. The molecule has 2 rings (SSSR count). The number of ether oxygens (including phenoxy) is 1. The highest BCUT2D eigenvalue weighted by Gasteiger charge is 2.28. The molecule has 1 amide bonds. The van der Waals surface area contributed by atoms with Gasteiger partial charge in [0, 0.05) is 19.2 Å². The Balaban J connectivity index is 2.05. The summed E-state index contributed by atoms with van der Waals surface area (Å²) in [5, 5.41) is 1.92. The Bertz CT molecular complexity index is 421. The Kier molecular flexibility index (Phi) is 4.34. The van der Waals surface area contributed by atoms with Gasteiger partial charge < -0.3 is 4.74 Å². The molecule has 2 unspecified atom stereocenters. The topological polar surface area (TPSA) is 67.6 Å². The molecule has 0 aromatic carbocycles. The first-order chi connectivity index (χ1) is 8.63. The van der Waals surface area contributed by atoms with Crippen molar-refractivity contribution in [3.05, 3.63) is 21.9 Å². The summed E-state index contributed by atoms with van der Waals surface area (Å²) < 4.78 is 5.57. The highest BCUT2D eigenvalue weighted by atomic mass is 32.1. The second-order valence-electron chi connectivity index (χ2n) is 4.60. The van der Waals surface area contributed by atoms with Gasteiger partial charge in [-0.2, -0.15) is 0 Å². The molecule has 2 heterocycles. The average Bonchev–Trinajstić information content (AvgIpc) is 2.97. The van der Waals surface area contributed by atoms with E-state index in [2.05, 4.69) is 24.3 Å². The lowest BCUT2D eigenvalue weighted by molar-refractivity contribution is 0.0812. The first-order valence-electron chi connectivity index (χ1n) is 6.02. The predicted molar refractivity (Wildman–Crippen MR) is 71.3 cm³/mol. The van der Waals surface area contributed by atoms with Crippen molar-refractivity contribution >= 4 is 17.2 Å². The van der Waals surface area contributed by atoms with E-state index in [9.17, 15) is 4.79 Å². The van der Waals surface area contributed by atoms with Gasteiger partial charge in [0.25, 0.3) is 5.91 Å². The summed E-state index contributed by atoms with van der Waals surface area (Å²) in [7, 11) is 2.07. The van der Waals surface area contributed by atoms with E-state index in [1.54, 1.807) is 0 Å². The fraction of sp³-hybridized carbons (Fsp3) is 0.583. The van der Waals surface area contributed by atoms with Crippen LogP contribution in [0.5, 0.6) is 0 Å². The molecule has 5 nitrogen and oxygen atoms in total. The monoisotopic (exact) mass is 269 g/mol. The molecule has 0 aliphatic carbocycles. The molecule has 2 atom stereocenters. The van der Waals surface area contributed by atoms with Crippen molar-refractivity contribution in [2.24, 2.45) is 5.84 Å². The fourth-order valence-electron chi connectivity index (χ4n) is 2.41. The van der Waals surface area contributed by atoms with Crippen LogP contribution in [0.15, 0.2) is 11.4 Å². The standard InChI is InChI=1S/C12H19N3O2S/c1-8-10(3-5-17-8)15(2)7-9-4-6-18-11(9)12(16)14-13/h4,6,8,10H,3,5,7,13H2,1-2H3,(H,14,16). The molecule has 1 aliphatic heterocycles. The van der Waals surface area contributed by atoms with Gasteiger partial charge >= 0.3 is 0 Å². The third kappa shape index (κ3) is 2.72. The summed E-state index contributed by atoms with van der Waals surface area (Å²) in [4.78, 5) is 14.5. The maximum atomic E-state index is 11.6. The number of rotatable bonds is 4. The van der Waals surface area contributed by atoms with E-state index in [0.29, 0.717) is 10.9 Å². The number of hydrazine groups is 1. The molecule has 100 valence electrons. The Hall–Kier alpha value is -0.950. The highest BCUT2D eigenvalue weighted by molar-refractivity contribution is 7.12. The van der Waals surface area contributed by atoms with Crippen LogP contribution in [0.25, 0.3) is 0 Å². The second-order valence-corrected chi connectivity index (χ2v) is 5.51. The van der Waals surface area contributed by atoms with Crippen LogP contribution in [-0.4, -0.2) is 36.6 Å². The number of carbonyl (C=O) groups excluding carboxylic acids is 1. The van der Waals surface area contributed by atoms with Crippen LogP contribution in [0, 0.1) is 0 Å². The van der Waals surface area contributed by atoms with Gasteiger partial charge in [0.15, 0.2) is 0 Å². The summed E-state index contributed by atoms with van der Waals surface area (Å²) in [6, 6.07) is 2.39. The lowest BCUT2D eigenvalue weighted by Crippen LogP contribution is -2.37. The molecule has 6 heteroatoms. The van der Waals surface area contributed by atoms with E-state index in [4.69, 9.17) is 10.6 Å². The SMILES string of the molecule is CC1OCCC1N(C)Cc1ccsc1C(=O)NN. The number of carbonyl (C=O) groups is 1. The number of hydrogen-bond donors (Lipinski definition) is 2. The van der Waals surface area contributed by atoms with Crippen LogP contribution in [0.3, 0.4) is 0 Å². The van der Waals surface area contributed by atoms with Gasteiger partial charge in [0.1, 0.15) is 0 Å². The Morgan fingerprint density at radius 3 is 3.11 bits per heavy atom. The largest absolute Gasteiger partial charge is 0.377 e. The Morgan fingerprint density at radius 2 is 2.50 bits per heavy atom. The maximum absolute atomic E-state index is 11.6. The minimum Gasteiger partial charge on any atom is -0.377 e. The van der Waals surface area contributed by atoms with Crippen molar-refractivity contribution in [3.63, 3.8) is 0 Å². The van der Waals surface area contributed by atoms with Crippen LogP contribution < -0.4 is 11.3 Å². The van der Waals surface area contributed by atoms with Crippen LogP contribution in [0.1, 0.15) is 28.6 Å². The van der Waals surface area contributed by atoms with E-state index < -0.39 is 0 Å². The number of amides is 1. The molecule has 3 N–H and O–H groups in total. The number of likely N-dealkylation sites (N-methyl/N-ethyl adjacent to an activating group) is 1. The number of thiophene rings is 1. The molecular formula is C12H19N3O2S. The minimum atomic E-state index is -0.218. The van der Waals surface area contributed by atoms with Gasteiger partial charge in [-0.25, -0.2) is 5.84 Å². The summed E-state index contributed by atoms with van der Waals surface area (Å²) in [5.41, 5.74) is 3.21. The van der Waals surface area contributed by atoms with Crippen molar-refractivity contribution in [2.75, 3.05) is 13.7 Å². The van der Waals surface area contributed by atoms with Crippen LogP contribution in [-0.2, 0) is 11.3 Å². The van der Waals surface area contributed by atoms with Gasteiger partial charge in [-0.1, -0.05) is 0 Å². The van der Waals surface area contributed by atoms with Crippen LogP contribution >= 0.6 is 11.3 Å². The van der Waals surface area contributed by atoms with E-state index in [1.165, 1.54) is 11.3 Å². The highest BCUT2D eigenvalue weighted by Crippen LogP contribution is 2.23. The number of nitrogen functional groups attached to an aromatic ring is 1. The minimum absolute atomic E-state index is 0.218. The molecule has 0 radical (unpaired) electrons. The normalized spacial score (nSPS) is 23.6. The van der Waals surface area contributed by atoms with E-state index >= 15 is 0 Å². The molecule has 0 saturated carbocycles. The first kappa shape index (κ1) is 13.5. The molecule has 0 bridgehead atoms. The van der Waals surface area contributed by atoms with Gasteiger partial charge in [-0.3, -0.25) is 15.1 Å². The fourth-order valence-corrected chi connectivity index (χ4v) is 3.23. The summed E-state index contributed by atoms with van der Waals surface area (Å²) in [5.74, 6) is 4.96. The van der Waals surface area contributed by atoms with Gasteiger partial charge in [-0.05, 0) is 37.4 Å². The Morgan fingerprint density at radius 1 is 1.72 bits per heavy atom. The van der Waals surface area contributed by atoms with E-state index in [1.807, 2.05) is 11.4 Å². The molecule has 1 fully saturated rings. The smallest absolute Gasteiger partial charge is 0.275 e. The number of nitrogens with zero attached hydrogens (tertiary/aromatic N) is 1. The van der Waals surface area contributed by atoms with Gasteiger partial charge in [-0.15, -0.1) is 11.3 Å². The molecule has 1 aliphatic rings. The quantitative estimate of drug-likeness (QED) is 0.485. The van der Waals surface area contributed by atoms with E-state index in [0.717, 1.165) is 25.1 Å². The molecular weight excluding hydrogens is 250 g/mol. The number of nitrogens with two attached hydrogens (primary N) is 1. The molecule has 1 aromatic heterocycles. The van der Waals surface area contributed by atoms with Gasteiger partial charge in [0.05, 0.1) is 11.0 Å². The summed E-state index contributed by atoms with van der Waals surface area (Å²) in [6.45, 7) is 3.65. The number of nitrogens with one attached hydrogen (secondary N) is 1. The summed E-state index contributed by atoms with van der Waals surface area (Å²) >= 11 is 1.42. The maximum Gasteiger partial charge on any atom is 0.275 e. The van der Waals surface area contributed by atoms with Crippen molar-refractivity contribution in [3.8, 4) is 0 Å².